The minimum Gasteiger partial charge on any atom is -0.507 e. The normalized spacial score (nSPS) is 10.5. The Kier molecular flexibility index (Phi) is 4.91. The lowest BCUT2D eigenvalue weighted by Gasteiger charge is -2.14. The third-order valence-corrected chi connectivity index (χ3v) is 4.11. The van der Waals surface area contributed by atoms with Crippen molar-refractivity contribution in [3.63, 3.8) is 0 Å². The van der Waals surface area contributed by atoms with Crippen LogP contribution in [0.2, 0.25) is 0 Å². The van der Waals surface area contributed by atoms with Crippen LogP contribution in [-0.4, -0.2) is 10.4 Å². The van der Waals surface area contributed by atoms with Crippen molar-refractivity contribution in [1.82, 2.24) is 0 Å². The molecule has 0 fully saturated rings. The molecule has 3 aromatic carbocycles. The van der Waals surface area contributed by atoms with Gasteiger partial charge in [0.2, 0.25) is 0 Å². The molecule has 0 unspecified atom stereocenters. The van der Waals surface area contributed by atoms with Gasteiger partial charge in [0.15, 0.2) is 5.75 Å². The van der Waals surface area contributed by atoms with Crippen molar-refractivity contribution in [2.45, 2.75) is 20.5 Å². The van der Waals surface area contributed by atoms with Crippen molar-refractivity contribution in [3.05, 3.63) is 77.4 Å². The van der Waals surface area contributed by atoms with Gasteiger partial charge in [0, 0.05) is 11.1 Å². The molecule has 0 atom stereocenters. The van der Waals surface area contributed by atoms with Crippen LogP contribution in [0.1, 0.15) is 16.7 Å². The maximum Gasteiger partial charge on any atom is 0.173 e. The van der Waals surface area contributed by atoms with Crippen LogP contribution >= 0.6 is 0 Å². The van der Waals surface area contributed by atoms with E-state index in [1.54, 1.807) is 12.1 Å². The summed E-state index contributed by atoms with van der Waals surface area (Å²) in [6.45, 7) is 4.12. The average Bonchev–Trinajstić information content (AvgIpc) is 2.64. The molecule has 0 aliphatic heterocycles. The van der Waals surface area contributed by atoms with Gasteiger partial charge in [-0.3, -0.25) is 0 Å². The molecule has 0 aliphatic carbocycles. The zero-order valence-corrected chi connectivity index (χ0v) is 14.2. The maximum absolute atomic E-state index is 9.89. The van der Waals surface area contributed by atoms with Gasteiger partial charge in [-0.25, -0.2) is 5.26 Å². The van der Waals surface area contributed by atoms with E-state index in [9.17, 15) is 5.11 Å². The Morgan fingerprint density at radius 1 is 0.800 bits per heavy atom. The Morgan fingerprint density at radius 3 is 1.92 bits per heavy atom. The Morgan fingerprint density at radius 2 is 1.32 bits per heavy atom. The van der Waals surface area contributed by atoms with Gasteiger partial charge >= 0.3 is 0 Å². The van der Waals surface area contributed by atoms with E-state index in [2.05, 4.69) is 4.89 Å². The van der Waals surface area contributed by atoms with E-state index in [0.717, 1.165) is 27.8 Å². The van der Waals surface area contributed by atoms with Crippen LogP contribution in [0.3, 0.4) is 0 Å². The third-order valence-electron chi connectivity index (χ3n) is 4.11. The predicted molar refractivity (Wildman–Crippen MR) is 97.0 cm³/mol. The van der Waals surface area contributed by atoms with Crippen LogP contribution in [-0.2, 0) is 6.61 Å². The molecule has 2 N–H and O–H groups in total. The maximum atomic E-state index is 9.89. The first-order valence-corrected chi connectivity index (χ1v) is 8.02. The molecular formula is C21H20O4. The van der Waals surface area contributed by atoms with Gasteiger partial charge in [-0.05, 0) is 54.8 Å². The van der Waals surface area contributed by atoms with E-state index in [-0.39, 0.29) is 0 Å². The third kappa shape index (κ3) is 3.59. The number of rotatable bonds is 5. The number of benzene rings is 3. The largest absolute Gasteiger partial charge is 0.507 e. The van der Waals surface area contributed by atoms with Crippen LogP contribution in [0.5, 0.6) is 17.2 Å². The summed E-state index contributed by atoms with van der Waals surface area (Å²) in [5.41, 5.74) is 4.21. The zero-order valence-electron chi connectivity index (χ0n) is 14.2. The van der Waals surface area contributed by atoms with Gasteiger partial charge in [-0.15, -0.1) is 0 Å². The smallest absolute Gasteiger partial charge is 0.173 e. The van der Waals surface area contributed by atoms with Crippen molar-refractivity contribution in [2.75, 3.05) is 0 Å². The number of para-hydroxylation sites is 2. The van der Waals surface area contributed by atoms with Gasteiger partial charge in [-0.1, -0.05) is 36.4 Å². The molecule has 0 aromatic heterocycles. The predicted octanol–water partition coefficient (Wildman–Crippen LogP) is 5.11. The molecule has 0 heterocycles. The van der Waals surface area contributed by atoms with Crippen molar-refractivity contribution < 1.29 is 20.0 Å². The molecule has 0 amide bonds. The van der Waals surface area contributed by atoms with E-state index in [0.29, 0.717) is 23.9 Å². The summed E-state index contributed by atoms with van der Waals surface area (Å²) in [5, 5.41) is 19.0. The Hall–Kier alpha value is -2.98. The molecule has 0 saturated heterocycles. The fourth-order valence-corrected chi connectivity index (χ4v) is 2.87. The highest BCUT2D eigenvalue weighted by Gasteiger charge is 2.12. The fraction of sp³-hybridized carbons (Fsp3) is 0.143. The molecular weight excluding hydrogens is 316 g/mol. The molecule has 0 saturated carbocycles. The second-order valence-corrected chi connectivity index (χ2v) is 5.95. The Bertz CT molecular complexity index is 864. The van der Waals surface area contributed by atoms with Crippen molar-refractivity contribution in [3.8, 4) is 28.4 Å². The minimum absolute atomic E-state index is 0.318. The monoisotopic (exact) mass is 336 g/mol. The van der Waals surface area contributed by atoms with Crippen molar-refractivity contribution >= 4 is 0 Å². The number of hydrogen-bond acceptors (Lipinski definition) is 4. The molecule has 0 radical (unpaired) electrons. The second-order valence-electron chi connectivity index (χ2n) is 5.95. The topological polar surface area (TPSA) is 58.9 Å². The number of aromatic hydroxyl groups is 1. The second kappa shape index (κ2) is 7.28. The molecule has 25 heavy (non-hydrogen) atoms. The summed E-state index contributed by atoms with van der Waals surface area (Å²) in [6, 6.07) is 18.7. The summed E-state index contributed by atoms with van der Waals surface area (Å²) in [6.07, 6.45) is 0. The van der Waals surface area contributed by atoms with Gasteiger partial charge < -0.3 is 14.7 Å². The highest BCUT2D eigenvalue weighted by Crippen LogP contribution is 2.36. The van der Waals surface area contributed by atoms with Crippen LogP contribution < -0.4 is 9.62 Å². The lowest BCUT2D eigenvalue weighted by Crippen LogP contribution is -1.99. The SMILES string of the molecule is Cc1cc(COc2ccccc2-c2ccccc2OO)cc(C)c1O. The van der Waals surface area contributed by atoms with Gasteiger partial charge in [0.1, 0.15) is 18.1 Å². The summed E-state index contributed by atoms with van der Waals surface area (Å²) < 4.78 is 6.01. The number of aryl methyl sites for hydroxylation is 2. The molecule has 0 bridgehead atoms. The molecule has 0 spiro atoms. The van der Waals surface area contributed by atoms with E-state index < -0.39 is 0 Å². The molecule has 4 nitrogen and oxygen atoms in total. The Balaban J connectivity index is 1.90. The Labute approximate surface area is 146 Å². The van der Waals surface area contributed by atoms with Crippen LogP contribution in [0.4, 0.5) is 0 Å². The van der Waals surface area contributed by atoms with Gasteiger partial charge in [0.25, 0.3) is 0 Å². The minimum atomic E-state index is 0.318. The first-order chi connectivity index (χ1) is 12.1. The fourth-order valence-electron chi connectivity index (χ4n) is 2.87. The van der Waals surface area contributed by atoms with Crippen LogP contribution in [0.25, 0.3) is 11.1 Å². The number of phenols is 1. The molecule has 3 rings (SSSR count). The van der Waals surface area contributed by atoms with E-state index >= 15 is 0 Å². The first-order valence-electron chi connectivity index (χ1n) is 8.02. The molecule has 4 heteroatoms. The van der Waals surface area contributed by atoms with Gasteiger partial charge in [0.05, 0.1) is 0 Å². The summed E-state index contributed by atoms with van der Waals surface area (Å²) in [5.74, 6) is 1.38. The van der Waals surface area contributed by atoms with E-state index in [4.69, 9.17) is 9.99 Å². The zero-order chi connectivity index (χ0) is 17.8. The van der Waals surface area contributed by atoms with Crippen molar-refractivity contribution in [2.24, 2.45) is 0 Å². The number of phenolic OH excluding ortho intramolecular Hbond substituents is 1. The lowest BCUT2D eigenvalue weighted by atomic mass is 10.0. The summed E-state index contributed by atoms with van der Waals surface area (Å²) in [7, 11) is 0. The standard InChI is InChI=1S/C21H20O4/c1-14-11-16(12-15(2)21(14)22)13-24-19-9-5-3-7-17(19)18-8-4-6-10-20(18)25-23/h3-12,22-23H,13H2,1-2H3. The highest BCUT2D eigenvalue weighted by atomic mass is 17.1. The van der Waals surface area contributed by atoms with E-state index in [1.165, 1.54) is 0 Å². The molecule has 0 aliphatic rings. The number of ether oxygens (including phenoxy) is 1. The first kappa shape index (κ1) is 16.9. The van der Waals surface area contributed by atoms with Gasteiger partial charge in [-0.2, -0.15) is 0 Å². The quantitative estimate of drug-likeness (QED) is 0.502. The number of hydrogen-bond donors (Lipinski definition) is 2. The highest BCUT2D eigenvalue weighted by molar-refractivity contribution is 5.75. The molecule has 128 valence electrons. The summed E-state index contributed by atoms with van der Waals surface area (Å²) in [4.78, 5) is 4.48. The lowest BCUT2D eigenvalue weighted by molar-refractivity contribution is -0.137. The average molecular weight is 336 g/mol. The van der Waals surface area contributed by atoms with Crippen LogP contribution in [0.15, 0.2) is 60.7 Å². The molecule has 3 aromatic rings. The van der Waals surface area contributed by atoms with Crippen LogP contribution in [0, 0.1) is 13.8 Å². The summed E-state index contributed by atoms with van der Waals surface area (Å²) >= 11 is 0. The van der Waals surface area contributed by atoms with E-state index in [1.807, 2.05) is 62.4 Å². The van der Waals surface area contributed by atoms with Crippen molar-refractivity contribution in [1.29, 1.82) is 0 Å².